The van der Waals surface area contributed by atoms with Crippen molar-refractivity contribution in [2.45, 2.75) is 13.0 Å². The van der Waals surface area contributed by atoms with Gasteiger partial charge in [-0.15, -0.1) is 0 Å². The number of rotatable bonds is 2. The molecule has 1 atom stereocenters. The molecule has 0 N–H and O–H groups in total. The molecule has 2 heteroatoms. The van der Waals surface area contributed by atoms with Crippen molar-refractivity contribution in [3.8, 4) is 0 Å². The van der Waals surface area contributed by atoms with E-state index in [2.05, 4.69) is 35.3 Å². The summed E-state index contributed by atoms with van der Waals surface area (Å²) < 4.78 is 5.81. The summed E-state index contributed by atoms with van der Waals surface area (Å²) in [5, 5.41) is 0. The van der Waals surface area contributed by atoms with E-state index >= 15 is 0 Å². The third-order valence-corrected chi connectivity index (χ3v) is 3.06. The molecule has 0 radical (unpaired) electrons. The summed E-state index contributed by atoms with van der Waals surface area (Å²) in [6.45, 7) is 1.89. The summed E-state index contributed by atoms with van der Waals surface area (Å²) in [5.41, 5.74) is 3.22. The maximum Gasteiger partial charge on any atom is 0.186 e. The molecule has 19 heavy (non-hydrogen) atoms. The first-order chi connectivity index (χ1) is 9.33. The van der Waals surface area contributed by atoms with Gasteiger partial charge in [0.1, 0.15) is 0 Å². The lowest BCUT2D eigenvalue weighted by Crippen LogP contribution is -2.01. The van der Waals surface area contributed by atoms with Gasteiger partial charge in [0.25, 0.3) is 0 Å². The lowest BCUT2D eigenvalue weighted by atomic mass is 10.1. The quantitative estimate of drug-likeness (QED) is 0.781. The predicted molar refractivity (Wildman–Crippen MR) is 77.8 cm³/mol. The highest BCUT2D eigenvalue weighted by molar-refractivity contribution is 5.79. The molecule has 0 bridgehead atoms. The van der Waals surface area contributed by atoms with Crippen LogP contribution >= 0.6 is 0 Å². The highest BCUT2D eigenvalue weighted by Gasteiger charge is 2.24. The fourth-order valence-electron chi connectivity index (χ4n) is 2.19. The van der Waals surface area contributed by atoms with E-state index in [0.29, 0.717) is 0 Å². The van der Waals surface area contributed by atoms with Crippen molar-refractivity contribution in [1.29, 1.82) is 0 Å². The lowest BCUT2D eigenvalue weighted by molar-refractivity contribution is 0.249. The molecule has 2 nitrogen and oxygen atoms in total. The Labute approximate surface area is 113 Å². The van der Waals surface area contributed by atoms with E-state index < -0.39 is 0 Å². The van der Waals surface area contributed by atoms with E-state index in [0.717, 1.165) is 22.7 Å². The van der Waals surface area contributed by atoms with Crippen molar-refractivity contribution in [2.75, 3.05) is 0 Å². The maximum absolute atomic E-state index is 5.81. The fourth-order valence-corrected chi connectivity index (χ4v) is 2.19. The molecule has 0 saturated heterocycles. The number of nitrogens with zero attached hydrogens (tertiary/aromatic N) is 1. The Morgan fingerprint density at radius 3 is 2.26 bits per heavy atom. The zero-order chi connectivity index (χ0) is 13.1. The van der Waals surface area contributed by atoms with Gasteiger partial charge in [-0.2, -0.15) is 0 Å². The van der Waals surface area contributed by atoms with Crippen LogP contribution < -0.4 is 0 Å². The van der Waals surface area contributed by atoms with Gasteiger partial charge in [-0.25, -0.2) is 4.99 Å². The van der Waals surface area contributed by atoms with Crippen LogP contribution in [0.25, 0.3) is 6.08 Å². The molecule has 2 aromatic carbocycles. The van der Waals surface area contributed by atoms with Crippen LogP contribution in [-0.2, 0) is 4.74 Å². The molecular weight excluding hydrogens is 234 g/mol. The van der Waals surface area contributed by atoms with Gasteiger partial charge in [-0.3, -0.25) is 0 Å². The van der Waals surface area contributed by atoms with Crippen LogP contribution in [-0.4, -0.2) is 5.90 Å². The monoisotopic (exact) mass is 249 g/mol. The summed E-state index contributed by atoms with van der Waals surface area (Å²) in [6, 6.07) is 20.4. The van der Waals surface area contributed by atoms with Crippen molar-refractivity contribution in [2.24, 2.45) is 4.99 Å². The Hall–Kier alpha value is -2.35. The highest BCUT2D eigenvalue weighted by atomic mass is 16.5. The second-order valence-electron chi connectivity index (χ2n) is 4.52. The summed E-state index contributed by atoms with van der Waals surface area (Å²) in [4.78, 5) is 4.50. The van der Waals surface area contributed by atoms with Crippen LogP contribution in [0.5, 0.6) is 0 Å². The van der Waals surface area contributed by atoms with Crippen LogP contribution in [0.4, 0.5) is 0 Å². The van der Waals surface area contributed by atoms with E-state index in [1.807, 2.05) is 43.3 Å². The van der Waals surface area contributed by atoms with Gasteiger partial charge < -0.3 is 4.74 Å². The summed E-state index contributed by atoms with van der Waals surface area (Å²) in [6.07, 6.45) is 1.98. The SMILES string of the molecule is CC1=N/C(=C\c2ccccc2)C(c2ccccc2)O1. The van der Waals surface area contributed by atoms with Crippen molar-refractivity contribution < 1.29 is 4.74 Å². The number of aliphatic imine (C=N–C) groups is 1. The molecule has 1 unspecified atom stereocenters. The highest BCUT2D eigenvalue weighted by Crippen LogP contribution is 2.33. The first-order valence-corrected chi connectivity index (χ1v) is 6.36. The Kier molecular flexibility index (Phi) is 3.15. The summed E-state index contributed by atoms with van der Waals surface area (Å²) >= 11 is 0. The number of hydrogen-bond acceptors (Lipinski definition) is 2. The molecule has 0 aromatic heterocycles. The Morgan fingerprint density at radius 2 is 1.58 bits per heavy atom. The molecule has 0 aliphatic carbocycles. The van der Waals surface area contributed by atoms with Crippen LogP contribution in [0.2, 0.25) is 0 Å². The van der Waals surface area contributed by atoms with Gasteiger partial charge in [0, 0.05) is 6.92 Å². The van der Waals surface area contributed by atoms with Crippen molar-refractivity contribution in [3.05, 3.63) is 77.5 Å². The molecule has 1 heterocycles. The Morgan fingerprint density at radius 1 is 0.947 bits per heavy atom. The summed E-state index contributed by atoms with van der Waals surface area (Å²) in [5.74, 6) is 0.719. The minimum Gasteiger partial charge on any atom is -0.466 e. The maximum atomic E-state index is 5.81. The predicted octanol–water partition coefficient (Wildman–Crippen LogP) is 4.22. The zero-order valence-corrected chi connectivity index (χ0v) is 10.8. The molecule has 0 spiro atoms. The van der Waals surface area contributed by atoms with E-state index in [1.54, 1.807) is 0 Å². The molecule has 1 aliphatic heterocycles. The number of ether oxygens (including phenoxy) is 1. The molecule has 1 aliphatic rings. The third-order valence-electron chi connectivity index (χ3n) is 3.06. The first-order valence-electron chi connectivity index (χ1n) is 6.36. The average molecular weight is 249 g/mol. The van der Waals surface area contributed by atoms with Crippen LogP contribution in [0, 0.1) is 0 Å². The molecule has 94 valence electrons. The van der Waals surface area contributed by atoms with Crippen molar-refractivity contribution >= 4 is 12.0 Å². The van der Waals surface area contributed by atoms with E-state index in [4.69, 9.17) is 4.74 Å². The topological polar surface area (TPSA) is 21.6 Å². The van der Waals surface area contributed by atoms with Crippen molar-refractivity contribution in [3.63, 3.8) is 0 Å². The zero-order valence-electron chi connectivity index (χ0n) is 10.8. The van der Waals surface area contributed by atoms with Crippen LogP contribution in [0.1, 0.15) is 24.2 Å². The van der Waals surface area contributed by atoms with Crippen LogP contribution in [0.15, 0.2) is 71.4 Å². The van der Waals surface area contributed by atoms with E-state index in [1.165, 1.54) is 0 Å². The molecule has 2 aromatic rings. The van der Waals surface area contributed by atoms with Crippen molar-refractivity contribution in [1.82, 2.24) is 0 Å². The second kappa shape index (κ2) is 5.11. The minimum absolute atomic E-state index is 0.0959. The Bertz CT molecular complexity index is 614. The average Bonchev–Trinajstić information content (AvgIpc) is 2.82. The fraction of sp³-hybridized carbons (Fsp3) is 0.118. The van der Waals surface area contributed by atoms with Gasteiger partial charge in [-0.05, 0) is 17.2 Å². The van der Waals surface area contributed by atoms with Gasteiger partial charge in [0.15, 0.2) is 12.0 Å². The first kappa shape index (κ1) is 11.7. The molecule has 3 rings (SSSR count). The van der Waals surface area contributed by atoms with E-state index in [-0.39, 0.29) is 6.10 Å². The van der Waals surface area contributed by atoms with Crippen LogP contribution in [0.3, 0.4) is 0 Å². The Balaban J connectivity index is 1.96. The minimum atomic E-state index is -0.0959. The lowest BCUT2D eigenvalue weighted by Gasteiger charge is -2.11. The summed E-state index contributed by atoms with van der Waals surface area (Å²) in [7, 11) is 0. The van der Waals surface area contributed by atoms with Gasteiger partial charge >= 0.3 is 0 Å². The van der Waals surface area contributed by atoms with Gasteiger partial charge in [0.05, 0.1) is 5.70 Å². The molecule has 0 fully saturated rings. The normalized spacial score (nSPS) is 20.2. The van der Waals surface area contributed by atoms with Gasteiger partial charge in [-0.1, -0.05) is 60.7 Å². The third kappa shape index (κ3) is 2.58. The smallest absolute Gasteiger partial charge is 0.186 e. The second-order valence-corrected chi connectivity index (χ2v) is 4.52. The number of benzene rings is 2. The molecule has 0 saturated carbocycles. The standard InChI is InChI=1S/C17H15NO/c1-13-18-16(12-14-8-4-2-5-9-14)17(19-13)15-10-6-3-7-11-15/h2-12,17H,1H3/b16-12-. The largest absolute Gasteiger partial charge is 0.466 e. The van der Waals surface area contributed by atoms with Gasteiger partial charge in [0.2, 0.25) is 0 Å². The van der Waals surface area contributed by atoms with E-state index in [9.17, 15) is 0 Å². The molecule has 0 amide bonds. The molecular formula is C17H15NO. The number of hydrogen-bond donors (Lipinski definition) is 0.